The Bertz CT molecular complexity index is 898. The van der Waals surface area contributed by atoms with Crippen molar-refractivity contribution in [2.24, 2.45) is 5.92 Å². The van der Waals surface area contributed by atoms with Gasteiger partial charge in [-0.1, -0.05) is 42.5 Å². The van der Waals surface area contributed by atoms with Gasteiger partial charge in [-0.15, -0.1) is 0 Å². The zero-order chi connectivity index (χ0) is 22.2. The van der Waals surface area contributed by atoms with E-state index in [0.717, 1.165) is 23.3 Å². The van der Waals surface area contributed by atoms with E-state index in [0.29, 0.717) is 19.6 Å². The smallest absolute Gasteiger partial charge is 0.312 e. The highest BCUT2D eigenvalue weighted by Crippen LogP contribution is 2.20. The standard InChI is InChI=1S/C24H28N2O5/c1-17(23(28)25-15-19-8-10-21(30-2)11-9-19)31-24(29)20-14-22(27)26(16-20)13-12-18-6-4-3-5-7-18/h3-11,17,20H,12-16H2,1-2H3,(H,25,28)/t17-,20+/m0/s1. The van der Waals surface area contributed by atoms with Gasteiger partial charge >= 0.3 is 5.97 Å². The van der Waals surface area contributed by atoms with E-state index in [9.17, 15) is 14.4 Å². The summed E-state index contributed by atoms with van der Waals surface area (Å²) in [5, 5.41) is 2.75. The summed E-state index contributed by atoms with van der Waals surface area (Å²) >= 11 is 0. The number of hydrogen-bond donors (Lipinski definition) is 1. The van der Waals surface area contributed by atoms with Crippen molar-refractivity contribution in [2.45, 2.75) is 32.4 Å². The second kappa shape index (κ2) is 10.6. The lowest BCUT2D eigenvalue weighted by Crippen LogP contribution is -2.37. The molecule has 0 unspecified atom stereocenters. The van der Waals surface area contributed by atoms with E-state index in [1.54, 1.807) is 12.0 Å². The van der Waals surface area contributed by atoms with Crippen molar-refractivity contribution in [1.29, 1.82) is 0 Å². The number of likely N-dealkylation sites (tertiary alicyclic amines) is 1. The maximum atomic E-state index is 12.5. The number of carbonyl (C=O) groups is 3. The molecule has 1 saturated heterocycles. The minimum atomic E-state index is -0.931. The number of nitrogens with zero attached hydrogens (tertiary/aromatic N) is 1. The Morgan fingerprint density at radius 2 is 1.81 bits per heavy atom. The van der Waals surface area contributed by atoms with Crippen LogP contribution in [0.15, 0.2) is 54.6 Å². The van der Waals surface area contributed by atoms with Crippen LogP contribution in [0.1, 0.15) is 24.5 Å². The summed E-state index contributed by atoms with van der Waals surface area (Å²) in [6.07, 6.45) is -0.0778. The Morgan fingerprint density at radius 3 is 2.48 bits per heavy atom. The molecular formula is C24H28N2O5. The molecule has 0 spiro atoms. The van der Waals surface area contributed by atoms with Gasteiger partial charge in [-0.05, 0) is 36.6 Å². The highest BCUT2D eigenvalue weighted by molar-refractivity contribution is 5.88. The van der Waals surface area contributed by atoms with Gasteiger partial charge in [0.15, 0.2) is 6.10 Å². The molecule has 164 valence electrons. The molecule has 1 N–H and O–H groups in total. The first-order valence-corrected chi connectivity index (χ1v) is 10.4. The second-order valence-corrected chi connectivity index (χ2v) is 7.62. The van der Waals surface area contributed by atoms with Crippen LogP contribution in [-0.2, 0) is 32.1 Å². The van der Waals surface area contributed by atoms with Crippen LogP contribution < -0.4 is 10.1 Å². The molecule has 2 aromatic carbocycles. The van der Waals surface area contributed by atoms with Crippen LogP contribution in [0.2, 0.25) is 0 Å². The molecule has 0 radical (unpaired) electrons. The molecule has 1 fully saturated rings. The zero-order valence-corrected chi connectivity index (χ0v) is 17.9. The number of ether oxygens (including phenoxy) is 2. The third kappa shape index (κ3) is 6.31. The number of nitrogens with one attached hydrogen (secondary N) is 1. The number of esters is 1. The molecular weight excluding hydrogens is 396 g/mol. The lowest BCUT2D eigenvalue weighted by Gasteiger charge is -2.18. The Balaban J connectivity index is 1.43. The van der Waals surface area contributed by atoms with Gasteiger partial charge in [0, 0.05) is 26.1 Å². The van der Waals surface area contributed by atoms with Gasteiger partial charge in [0.25, 0.3) is 5.91 Å². The van der Waals surface area contributed by atoms with E-state index in [2.05, 4.69) is 5.32 Å². The highest BCUT2D eigenvalue weighted by Gasteiger charge is 2.36. The highest BCUT2D eigenvalue weighted by atomic mass is 16.5. The van der Waals surface area contributed by atoms with Crippen LogP contribution in [0.25, 0.3) is 0 Å². The second-order valence-electron chi connectivity index (χ2n) is 7.62. The zero-order valence-electron chi connectivity index (χ0n) is 17.9. The maximum Gasteiger partial charge on any atom is 0.312 e. The maximum absolute atomic E-state index is 12.5. The normalized spacial score (nSPS) is 16.6. The summed E-state index contributed by atoms with van der Waals surface area (Å²) in [6, 6.07) is 17.2. The van der Waals surface area contributed by atoms with Crippen LogP contribution in [-0.4, -0.2) is 49.0 Å². The third-order valence-corrected chi connectivity index (χ3v) is 5.35. The minimum absolute atomic E-state index is 0.0607. The van der Waals surface area contributed by atoms with E-state index in [1.807, 2.05) is 54.6 Å². The molecule has 7 nitrogen and oxygen atoms in total. The first-order valence-electron chi connectivity index (χ1n) is 10.4. The van der Waals surface area contributed by atoms with E-state index >= 15 is 0 Å². The molecule has 0 aromatic heterocycles. The number of hydrogen-bond acceptors (Lipinski definition) is 5. The van der Waals surface area contributed by atoms with Crippen LogP contribution in [0.5, 0.6) is 5.75 Å². The largest absolute Gasteiger partial charge is 0.497 e. The lowest BCUT2D eigenvalue weighted by atomic mass is 10.1. The van der Waals surface area contributed by atoms with Crippen molar-refractivity contribution in [3.63, 3.8) is 0 Å². The summed E-state index contributed by atoms with van der Waals surface area (Å²) in [5.74, 6) is -0.756. The van der Waals surface area contributed by atoms with Gasteiger partial charge < -0.3 is 19.7 Å². The predicted octanol–water partition coefficient (Wildman–Crippen LogP) is 2.33. The Morgan fingerprint density at radius 1 is 1.10 bits per heavy atom. The van der Waals surface area contributed by atoms with Crippen LogP contribution in [0.3, 0.4) is 0 Å². The van der Waals surface area contributed by atoms with Crippen molar-refractivity contribution in [3.8, 4) is 5.75 Å². The van der Waals surface area contributed by atoms with E-state index in [1.165, 1.54) is 6.92 Å². The number of carbonyl (C=O) groups excluding carboxylic acids is 3. The van der Waals surface area contributed by atoms with Crippen molar-refractivity contribution < 1.29 is 23.9 Å². The molecule has 3 rings (SSSR count). The monoisotopic (exact) mass is 424 g/mol. The molecule has 0 aliphatic carbocycles. The van der Waals surface area contributed by atoms with Crippen LogP contribution in [0, 0.1) is 5.92 Å². The quantitative estimate of drug-likeness (QED) is 0.625. The van der Waals surface area contributed by atoms with E-state index in [-0.39, 0.29) is 18.2 Å². The fourth-order valence-electron chi connectivity index (χ4n) is 3.46. The van der Waals surface area contributed by atoms with Gasteiger partial charge in [0.1, 0.15) is 5.75 Å². The molecule has 2 atom stereocenters. The topological polar surface area (TPSA) is 84.9 Å². The molecule has 31 heavy (non-hydrogen) atoms. The van der Waals surface area contributed by atoms with Gasteiger partial charge in [-0.3, -0.25) is 14.4 Å². The van der Waals surface area contributed by atoms with Crippen molar-refractivity contribution >= 4 is 17.8 Å². The van der Waals surface area contributed by atoms with Crippen LogP contribution >= 0.6 is 0 Å². The average molecular weight is 424 g/mol. The summed E-state index contributed by atoms with van der Waals surface area (Å²) < 4.78 is 10.4. The summed E-state index contributed by atoms with van der Waals surface area (Å²) in [5.41, 5.74) is 2.05. The van der Waals surface area contributed by atoms with Crippen molar-refractivity contribution in [1.82, 2.24) is 10.2 Å². The van der Waals surface area contributed by atoms with E-state index in [4.69, 9.17) is 9.47 Å². The Kier molecular flexibility index (Phi) is 7.65. The lowest BCUT2D eigenvalue weighted by molar-refractivity contribution is -0.158. The molecule has 7 heteroatoms. The average Bonchev–Trinajstić information content (AvgIpc) is 3.17. The summed E-state index contributed by atoms with van der Waals surface area (Å²) in [4.78, 5) is 38.7. The number of rotatable bonds is 9. The first-order chi connectivity index (χ1) is 15.0. The fraction of sp³-hybridized carbons (Fsp3) is 0.375. The van der Waals surface area contributed by atoms with Gasteiger partial charge in [-0.25, -0.2) is 0 Å². The SMILES string of the molecule is COc1ccc(CNC(=O)[C@H](C)OC(=O)[C@@H]2CC(=O)N(CCc3ccccc3)C2)cc1. The fourth-order valence-corrected chi connectivity index (χ4v) is 3.46. The van der Waals surface area contributed by atoms with Gasteiger partial charge in [-0.2, -0.15) is 0 Å². The van der Waals surface area contributed by atoms with Gasteiger partial charge in [0.05, 0.1) is 13.0 Å². The molecule has 2 aromatic rings. The summed E-state index contributed by atoms with van der Waals surface area (Å²) in [6.45, 7) is 2.74. The predicted molar refractivity (Wildman–Crippen MR) is 115 cm³/mol. The van der Waals surface area contributed by atoms with Gasteiger partial charge in [0.2, 0.25) is 5.91 Å². The Labute approximate surface area is 182 Å². The molecule has 0 bridgehead atoms. The molecule has 1 aliphatic heterocycles. The van der Waals surface area contributed by atoms with Crippen molar-refractivity contribution in [3.05, 3.63) is 65.7 Å². The van der Waals surface area contributed by atoms with Crippen molar-refractivity contribution in [2.75, 3.05) is 20.2 Å². The molecule has 1 aliphatic rings. The number of amides is 2. The minimum Gasteiger partial charge on any atom is -0.497 e. The van der Waals surface area contributed by atoms with Crippen LogP contribution in [0.4, 0.5) is 0 Å². The Hall–Kier alpha value is -3.35. The summed E-state index contributed by atoms with van der Waals surface area (Å²) in [7, 11) is 1.59. The third-order valence-electron chi connectivity index (χ3n) is 5.35. The number of benzene rings is 2. The molecule has 2 amide bonds. The number of methoxy groups -OCH3 is 1. The van der Waals surface area contributed by atoms with E-state index < -0.39 is 18.0 Å². The molecule has 1 heterocycles. The first kappa shape index (κ1) is 22.3. The molecule has 0 saturated carbocycles.